The van der Waals surface area contributed by atoms with E-state index in [9.17, 15) is 14.7 Å². The monoisotopic (exact) mass is 324 g/mol. The molecule has 4 heteroatoms. The van der Waals surface area contributed by atoms with Gasteiger partial charge in [0.25, 0.3) is 0 Å². The number of rotatable bonds is 12. The number of aliphatic hydroxyl groups excluding tert-OH is 1. The van der Waals surface area contributed by atoms with E-state index in [4.69, 9.17) is 0 Å². The smallest absolute Gasteiger partial charge is 0.226 e. The lowest BCUT2D eigenvalue weighted by Gasteiger charge is -2.02. The molecule has 3 nitrogen and oxygen atoms in total. The zero-order valence-electron chi connectivity index (χ0n) is 13.6. The average molecular weight is 324 g/mol. The zero-order valence-corrected chi connectivity index (χ0v) is 14.4. The van der Waals surface area contributed by atoms with Crippen molar-refractivity contribution in [3.05, 3.63) is 23.5 Å². The first-order chi connectivity index (χ1) is 10.7. The molecule has 0 atom stereocenters. The summed E-state index contributed by atoms with van der Waals surface area (Å²) in [6, 6.07) is 0. The summed E-state index contributed by atoms with van der Waals surface area (Å²) in [7, 11) is 0. The minimum absolute atomic E-state index is 0.0325. The minimum atomic E-state index is -0.266. The Morgan fingerprint density at radius 2 is 1.73 bits per heavy atom. The van der Waals surface area contributed by atoms with Crippen LogP contribution in [0.3, 0.4) is 0 Å². The molecule has 1 rings (SSSR count). The van der Waals surface area contributed by atoms with E-state index < -0.39 is 0 Å². The lowest BCUT2D eigenvalue weighted by Crippen LogP contribution is -2.08. The molecular formula is C18H28O3S. The molecule has 1 heterocycles. The highest BCUT2D eigenvalue weighted by Gasteiger charge is 2.28. The Kier molecular flexibility index (Phi) is 9.96. The van der Waals surface area contributed by atoms with Crippen LogP contribution in [0, 0.1) is 0 Å². The van der Waals surface area contributed by atoms with Gasteiger partial charge in [0.1, 0.15) is 11.3 Å². The molecule has 0 aromatic rings. The van der Waals surface area contributed by atoms with Crippen molar-refractivity contribution in [3.8, 4) is 0 Å². The first-order valence-corrected chi connectivity index (χ1v) is 9.42. The van der Waals surface area contributed by atoms with E-state index in [0.29, 0.717) is 6.42 Å². The van der Waals surface area contributed by atoms with Gasteiger partial charge in [-0.1, -0.05) is 62.9 Å². The normalized spacial score (nSPS) is 15.2. The maximum Gasteiger partial charge on any atom is 0.226 e. The first kappa shape index (κ1) is 19.0. The van der Waals surface area contributed by atoms with Gasteiger partial charge in [-0.15, -0.1) is 0 Å². The van der Waals surface area contributed by atoms with Crippen LogP contribution in [-0.2, 0) is 9.59 Å². The predicted octanol–water partition coefficient (Wildman–Crippen LogP) is 5.12. The molecule has 0 saturated heterocycles. The van der Waals surface area contributed by atoms with Crippen LogP contribution < -0.4 is 0 Å². The van der Waals surface area contributed by atoms with Crippen LogP contribution in [0.25, 0.3) is 0 Å². The van der Waals surface area contributed by atoms with E-state index in [1.807, 2.05) is 0 Å². The average Bonchev–Trinajstić information content (AvgIpc) is 2.83. The first-order valence-electron chi connectivity index (χ1n) is 8.44. The number of carbonyl (C=O) groups excluding carboxylic acids is 2. The molecule has 0 spiro atoms. The third-order valence-corrected chi connectivity index (χ3v) is 4.66. The third-order valence-electron chi connectivity index (χ3n) is 3.78. The fraction of sp³-hybridized carbons (Fsp3) is 0.667. The fourth-order valence-corrected chi connectivity index (χ4v) is 3.22. The van der Waals surface area contributed by atoms with Crippen molar-refractivity contribution in [3.63, 3.8) is 0 Å². The van der Waals surface area contributed by atoms with Crippen molar-refractivity contribution in [2.45, 2.75) is 71.1 Å². The standard InChI is InChI=1S/C18H28O3S/c1-2-3-4-5-6-7-8-9-10-11-12-13-15(19)17-16(20)14-22-18(17)21/h5-6,20H,2-4,7-14H2,1H3. The second-order valence-electron chi connectivity index (χ2n) is 5.74. The summed E-state index contributed by atoms with van der Waals surface area (Å²) in [5.41, 5.74) is 0.0437. The molecule has 0 radical (unpaired) electrons. The van der Waals surface area contributed by atoms with Gasteiger partial charge < -0.3 is 5.11 Å². The number of allylic oxidation sites excluding steroid dienone is 2. The quantitative estimate of drug-likeness (QED) is 0.307. The Morgan fingerprint density at radius 1 is 1.09 bits per heavy atom. The molecule has 0 unspecified atom stereocenters. The van der Waals surface area contributed by atoms with Crippen molar-refractivity contribution in [2.24, 2.45) is 0 Å². The Morgan fingerprint density at radius 3 is 2.36 bits per heavy atom. The van der Waals surface area contributed by atoms with Crippen LogP contribution in [0.4, 0.5) is 0 Å². The molecule has 0 bridgehead atoms. The van der Waals surface area contributed by atoms with Gasteiger partial charge in [0, 0.05) is 6.42 Å². The molecule has 0 amide bonds. The molecular weight excluding hydrogens is 296 g/mol. The van der Waals surface area contributed by atoms with E-state index in [2.05, 4.69) is 19.1 Å². The summed E-state index contributed by atoms with van der Waals surface area (Å²) in [5, 5.41) is 9.25. The Balaban J connectivity index is 2.00. The molecule has 1 aliphatic heterocycles. The number of unbranched alkanes of at least 4 members (excludes halogenated alkanes) is 7. The van der Waals surface area contributed by atoms with E-state index in [-0.39, 0.29) is 28.0 Å². The molecule has 0 aliphatic carbocycles. The van der Waals surface area contributed by atoms with E-state index in [0.717, 1.165) is 37.4 Å². The predicted molar refractivity (Wildman–Crippen MR) is 93.1 cm³/mol. The lowest BCUT2D eigenvalue weighted by atomic mass is 10.0. The van der Waals surface area contributed by atoms with Crippen molar-refractivity contribution in [1.82, 2.24) is 0 Å². The highest BCUT2D eigenvalue weighted by molar-refractivity contribution is 8.14. The largest absolute Gasteiger partial charge is 0.510 e. The van der Waals surface area contributed by atoms with Gasteiger partial charge in [-0.2, -0.15) is 0 Å². The topological polar surface area (TPSA) is 54.4 Å². The van der Waals surface area contributed by atoms with Gasteiger partial charge >= 0.3 is 0 Å². The summed E-state index contributed by atoms with van der Waals surface area (Å²) < 4.78 is 0. The summed E-state index contributed by atoms with van der Waals surface area (Å²) in [4.78, 5) is 23.3. The number of hydrogen-bond donors (Lipinski definition) is 1. The third kappa shape index (κ3) is 7.30. The van der Waals surface area contributed by atoms with Crippen molar-refractivity contribution in [1.29, 1.82) is 0 Å². The Hall–Kier alpha value is -1.03. The molecule has 0 fully saturated rings. The second kappa shape index (κ2) is 11.5. The number of hydrogen-bond acceptors (Lipinski definition) is 4. The van der Waals surface area contributed by atoms with Crippen LogP contribution in [-0.4, -0.2) is 21.8 Å². The van der Waals surface area contributed by atoms with E-state index in [1.165, 1.54) is 32.1 Å². The summed E-state index contributed by atoms with van der Waals surface area (Å²) in [6.07, 6.45) is 15.1. The van der Waals surface area contributed by atoms with Gasteiger partial charge in [0.15, 0.2) is 5.78 Å². The molecule has 22 heavy (non-hydrogen) atoms. The lowest BCUT2D eigenvalue weighted by molar-refractivity contribution is -0.118. The van der Waals surface area contributed by atoms with Crippen molar-refractivity contribution < 1.29 is 14.7 Å². The maximum atomic E-state index is 11.9. The second-order valence-corrected chi connectivity index (χ2v) is 6.69. The number of carbonyl (C=O) groups is 2. The number of aliphatic hydroxyl groups is 1. The van der Waals surface area contributed by atoms with Gasteiger partial charge in [-0.05, 0) is 25.7 Å². The number of thioether (sulfide) groups is 1. The van der Waals surface area contributed by atoms with Crippen LogP contribution in [0.5, 0.6) is 0 Å². The van der Waals surface area contributed by atoms with E-state index >= 15 is 0 Å². The summed E-state index contributed by atoms with van der Waals surface area (Å²) in [5.74, 6) is 0.0345. The zero-order chi connectivity index (χ0) is 16.2. The molecule has 0 saturated carbocycles. The molecule has 1 N–H and O–H groups in total. The molecule has 1 aliphatic rings. The van der Waals surface area contributed by atoms with Crippen LogP contribution in [0.1, 0.15) is 71.1 Å². The Labute approximate surface area is 138 Å². The SMILES string of the molecule is CCCCC=CCCCCCCCC(=O)C1=C(O)CSC1=O. The van der Waals surface area contributed by atoms with Crippen LogP contribution in [0.2, 0.25) is 0 Å². The van der Waals surface area contributed by atoms with Crippen LogP contribution in [0.15, 0.2) is 23.5 Å². The van der Waals surface area contributed by atoms with Crippen molar-refractivity contribution in [2.75, 3.05) is 5.75 Å². The number of Topliss-reactive ketones (excluding diaryl/α,β-unsaturated/α-hetero) is 1. The summed E-state index contributed by atoms with van der Waals surface area (Å²) >= 11 is 1.01. The minimum Gasteiger partial charge on any atom is -0.510 e. The van der Waals surface area contributed by atoms with E-state index in [1.54, 1.807) is 0 Å². The highest BCUT2D eigenvalue weighted by Crippen LogP contribution is 2.26. The Bertz CT molecular complexity index is 424. The maximum absolute atomic E-state index is 11.9. The molecule has 0 aromatic carbocycles. The van der Waals surface area contributed by atoms with Gasteiger partial charge in [-0.3, -0.25) is 9.59 Å². The molecule has 0 aromatic heterocycles. The van der Waals surface area contributed by atoms with Gasteiger partial charge in [-0.25, -0.2) is 0 Å². The fourth-order valence-electron chi connectivity index (χ4n) is 2.43. The van der Waals surface area contributed by atoms with Gasteiger partial charge in [0.05, 0.1) is 5.75 Å². The van der Waals surface area contributed by atoms with Crippen LogP contribution >= 0.6 is 11.8 Å². The number of ketones is 1. The molecule has 124 valence electrons. The summed E-state index contributed by atoms with van der Waals surface area (Å²) in [6.45, 7) is 2.21. The van der Waals surface area contributed by atoms with Gasteiger partial charge in [0.2, 0.25) is 5.12 Å². The highest BCUT2D eigenvalue weighted by atomic mass is 32.2. The van der Waals surface area contributed by atoms with Crippen molar-refractivity contribution >= 4 is 22.7 Å².